The Balaban J connectivity index is 1.47. The normalized spacial score (nSPS) is 16.5. The maximum Gasteiger partial charge on any atom is 0.267 e. The Kier molecular flexibility index (Phi) is 7.11. The average Bonchev–Trinajstić information content (AvgIpc) is 3.21. The summed E-state index contributed by atoms with van der Waals surface area (Å²) in [5, 5.41) is 4.51. The van der Waals surface area contributed by atoms with Crippen molar-refractivity contribution in [1.82, 2.24) is 14.9 Å². The van der Waals surface area contributed by atoms with Crippen molar-refractivity contribution >= 4 is 39.2 Å². The summed E-state index contributed by atoms with van der Waals surface area (Å²) < 4.78 is 1.75. The van der Waals surface area contributed by atoms with Gasteiger partial charge in [-0.05, 0) is 75.5 Å². The summed E-state index contributed by atoms with van der Waals surface area (Å²) in [6, 6.07) is 6.14. The molecule has 3 aromatic rings. The monoisotopic (exact) mass is 495 g/mol. The molecule has 0 aliphatic heterocycles. The van der Waals surface area contributed by atoms with Gasteiger partial charge < -0.3 is 5.32 Å². The Morgan fingerprint density at radius 3 is 2.74 bits per heavy atom. The lowest BCUT2D eigenvalue weighted by molar-refractivity contribution is -0.118. The number of amides is 1. The van der Waals surface area contributed by atoms with Gasteiger partial charge in [-0.25, -0.2) is 4.98 Å². The van der Waals surface area contributed by atoms with E-state index in [-0.39, 0.29) is 17.2 Å². The van der Waals surface area contributed by atoms with E-state index >= 15 is 0 Å². The molecule has 1 saturated carbocycles. The van der Waals surface area contributed by atoms with Crippen LogP contribution in [-0.4, -0.2) is 27.8 Å². The zero-order chi connectivity index (χ0) is 23.7. The molecule has 0 radical (unpaired) electrons. The molecule has 34 heavy (non-hydrogen) atoms. The Morgan fingerprint density at radius 2 is 1.94 bits per heavy atom. The molecular weight excluding hydrogens is 462 g/mol. The Morgan fingerprint density at radius 1 is 1.15 bits per heavy atom. The first-order chi connectivity index (χ1) is 16.5. The second-order valence-corrected chi connectivity index (χ2v) is 11.8. The molecule has 180 valence electrons. The fourth-order valence-electron chi connectivity index (χ4n) is 5.38. The molecular formula is C27H33N3O2S2. The fourth-order valence-corrected chi connectivity index (χ4v) is 7.52. The lowest BCUT2D eigenvalue weighted by atomic mass is 9.89. The third kappa shape index (κ3) is 4.82. The maximum absolute atomic E-state index is 13.9. The number of thiophene rings is 1. The summed E-state index contributed by atoms with van der Waals surface area (Å²) >= 11 is 3.03. The minimum Gasteiger partial charge on any atom is -0.355 e. The van der Waals surface area contributed by atoms with Crippen LogP contribution in [0.1, 0.15) is 66.5 Å². The number of thioether (sulfide) groups is 1. The average molecular weight is 496 g/mol. The van der Waals surface area contributed by atoms with E-state index in [1.54, 1.807) is 15.9 Å². The molecule has 5 rings (SSSR count). The summed E-state index contributed by atoms with van der Waals surface area (Å²) in [5.74, 6) is 0.881. The molecule has 2 heterocycles. The van der Waals surface area contributed by atoms with E-state index in [0.717, 1.165) is 52.8 Å². The first-order valence-corrected chi connectivity index (χ1v) is 14.4. The largest absolute Gasteiger partial charge is 0.355 e. The molecule has 0 spiro atoms. The maximum atomic E-state index is 13.9. The van der Waals surface area contributed by atoms with Gasteiger partial charge in [0.15, 0.2) is 5.16 Å². The Bertz CT molecular complexity index is 1270. The van der Waals surface area contributed by atoms with Crippen LogP contribution in [0.4, 0.5) is 0 Å². The molecule has 1 N–H and O–H groups in total. The number of aryl methyl sites for hydroxylation is 4. The Labute approximate surface area is 209 Å². The van der Waals surface area contributed by atoms with Crippen molar-refractivity contribution in [1.29, 1.82) is 0 Å². The standard InChI is InChI=1S/C27H33N3O2S2/c1-17-12-13-21(18(2)14-17)30-26(32)24-20-10-6-7-11-22(20)34-25(24)29-27(30)33-16-23(31)28-15-19-8-4-3-5-9-19/h12-14,19H,3-11,15-16H2,1-2H3,(H,28,31). The lowest BCUT2D eigenvalue weighted by Gasteiger charge is -2.21. The first kappa shape index (κ1) is 23.6. The number of benzene rings is 1. The molecule has 2 aliphatic carbocycles. The van der Waals surface area contributed by atoms with Crippen LogP contribution in [0.2, 0.25) is 0 Å². The van der Waals surface area contributed by atoms with Crippen molar-refractivity contribution in [2.24, 2.45) is 5.92 Å². The van der Waals surface area contributed by atoms with E-state index in [1.165, 1.54) is 60.7 Å². The molecule has 2 aromatic heterocycles. The number of rotatable bonds is 6. The number of hydrogen-bond donors (Lipinski definition) is 1. The molecule has 1 amide bonds. The predicted molar refractivity (Wildman–Crippen MR) is 142 cm³/mol. The van der Waals surface area contributed by atoms with Gasteiger partial charge in [0.2, 0.25) is 5.91 Å². The summed E-state index contributed by atoms with van der Waals surface area (Å²) in [6.45, 7) is 4.85. The molecule has 0 bridgehead atoms. The summed E-state index contributed by atoms with van der Waals surface area (Å²) in [6.07, 6.45) is 10.6. The van der Waals surface area contributed by atoms with Gasteiger partial charge >= 0.3 is 0 Å². The zero-order valence-corrected chi connectivity index (χ0v) is 21.7. The van der Waals surface area contributed by atoms with Crippen LogP contribution in [-0.2, 0) is 17.6 Å². The van der Waals surface area contributed by atoms with Gasteiger partial charge in [0, 0.05) is 11.4 Å². The predicted octanol–water partition coefficient (Wildman–Crippen LogP) is 5.73. The van der Waals surface area contributed by atoms with Crippen molar-refractivity contribution < 1.29 is 4.79 Å². The van der Waals surface area contributed by atoms with E-state index in [4.69, 9.17) is 4.98 Å². The number of carbonyl (C=O) groups is 1. The molecule has 1 fully saturated rings. The summed E-state index contributed by atoms with van der Waals surface area (Å²) in [5.41, 5.74) is 4.25. The smallest absolute Gasteiger partial charge is 0.267 e. The van der Waals surface area contributed by atoms with E-state index in [0.29, 0.717) is 11.1 Å². The molecule has 2 aliphatic rings. The van der Waals surface area contributed by atoms with Crippen molar-refractivity contribution in [3.8, 4) is 5.69 Å². The van der Waals surface area contributed by atoms with Crippen LogP contribution in [0.15, 0.2) is 28.2 Å². The van der Waals surface area contributed by atoms with Crippen molar-refractivity contribution in [2.45, 2.75) is 76.8 Å². The third-order valence-electron chi connectivity index (χ3n) is 7.20. The van der Waals surface area contributed by atoms with Gasteiger partial charge in [0.25, 0.3) is 5.56 Å². The second kappa shape index (κ2) is 10.2. The van der Waals surface area contributed by atoms with Crippen LogP contribution < -0.4 is 10.9 Å². The number of hydrogen-bond acceptors (Lipinski definition) is 5. The summed E-state index contributed by atoms with van der Waals surface area (Å²) in [4.78, 5) is 33.7. The Hall–Kier alpha value is -2.12. The van der Waals surface area contributed by atoms with Crippen LogP contribution >= 0.6 is 23.1 Å². The number of nitrogens with one attached hydrogen (secondary N) is 1. The first-order valence-electron chi connectivity index (χ1n) is 12.6. The summed E-state index contributed by atoms with van der Waals surface area (Å²) in [7, 11) is 0. The number of aromatic nitrogens is 2. The molecule has 0 saturated heterocycles. The fraction of sp³-hybridized carbons (Fsp3) is 0.519. The lowest BCUT2D eigenvalue weighted by Crippen LogP contribution is -2.31. The minimum absolute atomic E-state index is 0.00136. The molecule has 5 nitrogen and oxygen atoms in total. The van der Waals surface area contributed by atoms with Crippen molar-refractivity contribution in [2.75, 3.05) is 12.3 Å². The van der Waals surface area contributed by atoms with Gasteiger partial charge in [-0.2, -0.15) is 0 Å². The van der Waals surface area contributed by atoms with Gasteiger partial charge in [-0.15, -0.1) is 11.3 Å². The second-order valence-electron chi connectivity index (χ2n) is 9.81. The number of nitrogens with zero attached hydrogens (tertiary/aromatic N) is 2. The molecule has 0 atom stereocenters. The van der Waals surface area contributed by atoms with E-state index < -0.39 is 0 Å². The van der Waals surface area contributed by atoms with Gasteiger partial charge in [0.1, 0.15) is 4.83 Å². The highest BCUT2D eigenvalue weighted by atomic mass is 32.2. The minimum atomic E-state index is 0.00136. The van der Waals surface area contributed by atoms with E-state index in [2.05, 4.69) is 18.3 Å². The van der Waals surface area contributed by atoms with Gasteiger partial charge in [0.05, 0.1) is 16.8 Å². The number of fused-ring (bicyclic) bond motifs is 3. The number of carbonyl (C=O) groups excluding carboxylic acids is 1. The van der Waals surface area contributed by atoms with Gasteiger partial charge in [-0.3, -0.25) is 14.2 Å². The quantitative estimate of drug-likeness (QED) is 0.350. The van der Waals surface area contributed by atoms with Crippen LogP contribution in [0, 0.1) is 19.8 Å². The zero-order valence-electron chi connectivity index (χ0n) is 20.1. The molecule has 7 heteroatoms. The van der Waals surface area contributed by atoms with Gasteiger partial charge in [-0.1, -0.05) is 48.7 Å². The van der Waals surface area contributed by atoms with E-state index in [1.807, 2.05) is 19.1 Å². The van der Waals surface area contributed by atoms with Crippen molar-refractivity contribution in [3.05, 3.63) is 50.1 Å². The highest BCUT2D eigenvalue weighted by Gasteiger charge is 2.24. The van der Waals surface area contributed by atoms with Crippen LogP contribution in [0.3, 0.4) is 0 Å². The van der Waals surface area contributed by atoms with E-state index in [9.17, 15) is 9.59 Å². The van der Waals surface area contributed by atoms with Crippen LogP contribution in [0.5, 0.6) is 0 Å². The SMILES string of the molecule is Cc1ccc(-n2c(SCC(=O)NCC3CCCCC3)nc3sc4c(c3c2=O)CCCC4)c(C)c1. The molecule has 0 unspecified atom stereocenters. The third-order valence-corrected chi connectivity index (χ3v) is 9.32. The highest BCUT2D eigenvalue weighted by Crippen LogP contribution is 2.35. The topological polar surface area (TPSA) is 64.0 Å². The van der Waals surface area contributed by atoms with Crippen molar-refractivity contribution in [3.63, 3.8) is 0 Å². The highest BCUT2D eigenvalue weighted by molar-refractivity contribution is 7.99. The molecule has 1 aromatic carbocycles. The van der Waals surface area contributed by atoms with Crippen LogP contribution in [0.25, 0.3) is 15.9 Å².